The van der Waals surface area contributed by atoms with Crippen molar-refractivity contribution in [1.29, 1.82) is 0 Å². The smallest absolute Gasteiger partial charge is 0.336 e. The van der Waals surface area contributed by atoms with Crippen LogP contribution in [-0.4, -0.2) is 43.3 Å². The van der Waals surface area contributed by atoms with E-state index in [1.54, 1.807) is 38.1 Å². The first-order chi connectivity index (χ1) is 14.6. The van der Waals surface area contributed by atoms with E-state index < -0.39 is 17.9 Å². The lowest BCUT2D eigenvalue weighted by atomic mass is 9.80. The first-order valence-corrected chi connectivity index (χ1v) is 9.52. The minimum atomic E-state index is -0.737. The maximum Gasteiger partial charge on any atom is 0.336 e. The molecule has 164 valence electrons. The van der Waals surface area contributed by atoms with Gasteiger partial charge in [-0.2, -0.15) is 0 Å². The highest BCUT2D eigenvalue weighted by Crippen LogP contribution is 2.40. The Balaban J connectivity index is 2.64. The molecule has 1 aliphatic heterocycles. The van der Waals surface area contributed by atoms with Gasteiger partial charge in [0.25, 0.3) is 0 Å². The van der Waals surface area contributed by atoms with E-state index in [1.165, 1.54) is 34.3 Å². The summed E-state index contributed by atoms with van der Waals surface area (Å²) in [5.41, 5.74) is 2.87. The van der Waals surface area contributed by atoms with Crippen molar-refractivity contribution in [3.8, 4) is 0 Å². The van der Waals surface area contributed by atoms with Gasteiger partial charge in [-0.25, -0.2) is 9.59 Å². The normalized spacial score (nSPS) is 15.5. The maximum atomic E-state index is 12.6. The molecule has 0 bridgehead atoms. The molecule has 1 aliphatic rings. The number of ether oxygens (including phenoxy) is 2. The summed E-state index contributed by atoms with van der Waals surface area (Å²) in [5.74, 6) is -2.34. The Morgan fingerprint density at radius 1 is 1.03 bits per heavy atom. The number of nitrogens with zero attached hydrogens (tertiary/aromatic N) is 1. The summed E-state index contributed by atoms with van der Waals surface area (Å²) in [4.78, 5) is 41.1. The summed E-state index contributed by atoms with van der Waals surface area (Å²) in [6.07, 6.45) is 1.28. The van der Waals surface area contributed by atoms with Gasteiger partial charge in [0, 0.05) is 17.6 Å². The third kappa shape index (κ3) is 5.09. The number of esters is 2. The van der Waals surface area contributed by atoms with E-state index in [-0.39, 0.29) is 28.3 Å². The van der Waals surface area contributed by atoms with Crippen molar-refractivity contribution in [2.75, 3.05) is 14.2 Å². The summed E-state index contributed by atoms with van der Waals surface area (Å²) in [6.45, 7) is 6.19. The number of nitrogens with one attached hydrogen (secondary N) is 1. The fourth-order valence-corrected chi connectivity index (χ4v) is 3.45. The molecule has 31 heavy (non-hydrogen) atoms. The number of benzene rings is 1. The summed E-state index contributed by atoms with van der Waals surface area (Å²) in [6, 6.07) is 6.89. The van der Waals surface area contributed by atoms with Gasteiger partial charge in [-0.05, 0) is 45.4 Å². The molecule has 0 aliphatic carbocycles. The lowest BCUT2D eigenvalue weighted by molar-refractivity contribution is -0.137. The zero-order chi connectivity index (χ0) is 23.3. The summed E-state index contributed by atoms with van der Waals surface area (Å²) in [5, 5.41) is 12.7. The lowest BCUT2D eigenvalue weighted by Gasteiger charge is -2.30. The number of hydrogen-bond acceptors (Lipinski definition) is 8. The molecule has 0 spiro atoms. The molecule has 1 heterocycles. The molecule has 0 atom stereocenters. The molecule has 8 nitrogen and oxygen atoms in total. The number of aliphatic hydroxyl groups excluding tert-OH is 1. The molecule has 2 rings (SSSR count). The standard InChI is InChI=1S/C23H26N2O6/c1-12-19(22(28)30-5)21(20(13(2)25-12)23(29)31-6)16-8-7-9-17(10-16)24-11-18(14(3)26)15(4)27/h7-11,21,25-26H,1-6H3/b18-14-,24-11?. The molecule has 0 radical (unpaired) electrons. The highest BCUT2D eigenvalue weighted by molar-refractivity contribution is 6.13. The number of dihydropyridines is 1. The number of hydrogen-bond donors (Lipinski definition) is 2. The molecule has 1 aromatic carbocycles. The Hall–Kier alpha value is -3.68. The van der Waals surface area contributed by atoms with Gasteiger partial charge in [0.15, 0.2) is 5.78 Å². The van der Waals surface area contributed by atoms with Crippen molar-refractivity contribution < 1.29 is 29.0 Å². The quantitative estimate of drug-likeness (QED) is 0.310. The molecule has 0 fully saturated rings. The van der Waals surface area contributed by atoms with Crippen LogP contribution in [0.25, 0.3) is 0 Å². The van der Waals surface area contributed by atoms with Crippen LogP contribution in [0.15, 0.2) is 63.1 Å². The van der Waals surface area contributed by atoms with Crippen LogP contribution >= 0.6 is 0 Å². The molecule has 1 aromatic rings. The number of aliphatic hydroxyl groups is 1. The summed E-state index contributed by atoms with van der Waals surface area (Å²) in [7, 11) is 2.55. The average Bonchev–Trinajstić information content (AvgIpc) is 2.72. The van der Waals surface area contributed by atoms with E-state index >= 15 is 0 Å². The Morgan fingerprint density at radius 2 is 1.58 bits per heavy atom. The van der Waals surface area contributed by atoms with E-state index in [0.29, 0.717) is 22.6 Å². The van der Waals surface area contributed by atoms with Crippen LogP contribution in [0.4, 0.5) is 5.69 Å². The predicted molar refractivity (Wildman–Crippen MR) is 116 cm³/mol. The Kier molecular flexibility index (Phi) is 7.52. The molecular formula is C23H26N2O6. The van der Waals surface area contributed by atoms with Gasteiger partial charge < -0.3 is 19.9 Å². The van der Waals surface area contributed by atoms with Gasteiger partial charge in [0.05, 0.1) is 42.5 Å². The third-order valence-corrected chi connectivity index (χ3v) is 4.89. The van der Waals surface area contributed by atoms with Crippen LogP contribution < -0.4 is 5.32 Å². The molecule has 2 N–H and O–H groups in total. The topological polar surface area (TPSA) is 114 Å². The second kappa shape index (κ2) is 9.88. The van der Waals surface area contributed by atoms with Crippen molar-refractivity contribution in [3.05, 3.63) is 63.7 Å². The van der Waals surface area contributed by atoms with Crippen LogP contribution in [-0.2, 0) is 23.9 Å². The maximum absolute atomic E-state index is 12.6. The third-order valence-electron chi connectivity index (χ3n) is 4.89. The average molecular weight is 426 g/mol. The van der Waals surface area contributed by atoms with E-state index in [2.05, 4.69) is 10.3 Å². The summed E-state index contributed by atoms with van der Waals surface area (Å²) < 4.78 is 9.92. The second-order valence-corrected chi connectivity index (χ2v) is 7.03. The van der Waals surface area contributed by atoms with Crippen molar-refractivity contribution in [2.24, 2.45) is 4.99 Å². The van der Waals surface area contributed by atoms with Gasteiger partial charge in [-0.1, -0.05) is 12.1 Å². The van der Waals surface area contributed by atoms with Crippen molar-refractivity contribution in [1.82, 2.24) is 5.32 Å². The van der Waals surface area contributed by atoms with E-state index in [0.717, 1.165) is 0 Å². The van der Waals surface area contributed by atoms with E-state index in [4.69, 9.17) is 9.47 Å². The van der Waals surface area contributed by atoms with Crippen molar-refractivity contribution >= 4 is 29.6 Å². The predicted octanol–water partition coefficient (Wildman–Crippen LogP) is 3.39. The number of methoxy groups -OCH3 is 2. The second-order valence-electron chi connectivity index (χ2n) is 7.03. The Morgan fingerprint density at radius 3 is 2.03 bits per heavy atom. The van der Waals surface area contributed by atoms with Gasteiger partial charge in [0.1, 0.15) is 5.76 Å². The van der Waals surface area contributed by atoms with Crippen molar-refractivity contribution in [2.45, 2.75) is 33.6 Å². The molecule has 0 unspecified atom stereocenters. The van der Waals surface area contributed by atoms with Crippen LogP contribution in [0.2, 0.25) is 0 Å². The number of carbonyl (C=O) groups excluding carboxylic acids is 3. The Bertz CT molecular complexity index is 1000. The fraction of sp³-hybridized carbons (Fsp3) is 0.304. The minimum Gasteiger partial charge on any atom is -0.512 e. The largest absolute Gasteiger partial charge is 0.512 e. The SMILES string of the molecule is COC(=O)C1=C(C)NC(C)=C(C(=O)OC)C1c1cccc(N=C/C(C(C)=O)=C(\C)O)c1. The van der Waals surface area contributed by atoms with Gasteiger partial charge in [-0.15, -0.1) is 0 Å². The van der Waals surface area contributed by atoms with Crippen LogP contribution in [0, 0.1) is 0 Å². The van der Waals surface area contributed by atoms with Gasteiger partial charge in [-0.3, -0.25) is 9.79 Å². The number of rotatable bonds is 6. The van der Waals surface area contributed by atoms with E-state index in [9.17, 15) is 19.5 Å². The monoisotopic (exact) mass is 426 g/mol. The number of Topliss-reactive ketones (excluding diaryl/α,β-unsaturated/α-hetero) is 1. The molecular weight excluding hydrogens is 400 g/mol. The first-order valence-electron chi connectivity index (χ1n) is 9.52. The number of ketones is 1. The van der Waals surface area contributed by atoms with E-state index in [1.807, 2.05) is 0 Å². The van der Waals surface area contributed by atoms with Gasteiger partial charge in [0.2, 0.25) is 0 Å². The van der Waals surface area contributed by atoms with Crippen LogP contribution in [0.5, 0.6) is 0 Å². The molecule has 0 amide bonds. The zero-order valence-corrected chi connectivity index (χ0v) is 18.4. The molecule has 0 saturated heterocycles. The molecule has 8 heteroatoms. The fourth-order valence-electron chi connectivity index (χ4n) is 3.45. The minimum absolute atomic E-state index is 0.0873. The van der Waals surface area contributed by atoms with Crippen LogP contribution in [0.3, 0.4) is 0 Å². The number of carbonyl (C=O) groups is 3. The van der Waals surface area contributed by atoms with Crippen molar-refractivity contribution in [3.63, 3.8) is 0 Å². The first kappa shape index (κ1) is 23.6. The molecule has 0 saturated carbocycles. The number of aliphatic imine (C=N–C) groups is 1. The Labute approximate surface area is 181 Å². The highest BCUT2D eigenvalue weighted by atomic mass is 16.5. The zero-order valence-electron chi connectivity index (χ0n) is 18.4. The van der Waals surface area contributed by atoms with Gasteiger partial charge >= 0.3 is 11.9 Å². The van der Waals surface area contributed by atoms with Crippen LogP contribution in [0.1, 0.15) is 39.2 Å². The number of allylic oxidation sites excluding steroid dienone is 4. The summed E-state index contributed by atoms with van der Waals surface area (Å²) >= 11 is 0. The highest BCUT2D eigenvalue weighted by Gasteiger charge is 2.37. The molecule has 0 aromatic heterocycles. The lowest BCUT2D eigenvalue weighted by Crippen LogP contribution is -2.32.